The summed E-state index contributed by atoms with van der Waals surface area (Å²) in [7, 11) is 0. The van der Waals surface area contributed by atoms with E-state index in [0.717, 1.165) is 4.90 Å². The molecule has 2 heterocycles. The molecule has 0 atom stereocenters. The van der Waals surface area contributed by atoms with E-state index in [2.05, 4.69) is 4.98 Å². The lowest BCUT2D eigenvalue weighted by Crippen LogP contribution is -2.58. The number of carbonyl (C=O) groups excluding carboxylic acids is 1. The van der Waals surface area contributed by atoms with Gasteiger partial charge in [0, 0.05) is 6.20 Å². The number of hydrogen-bond acceptors (Lipinski definition) is 2. The van der Waals surface area contributed by atoms with Crippen LogP contribution in [0.2, 0.25) is 5.15 Å². The van der Waals surface area contributed by atoms with Gasteiger partial charge in [-0.1, -0.05) is 11.6 Å². The largest absolute Gasteiger partial charge is 0.326 e. The summed E-state index contributed by atoms with van der Waals surface area (Å²) in [6.45, 7) is -1.04. The Labute approximate surface area is 89.7 Å². The van der Waals surface area contributed by atoms with Crippen LogP contribution in [0.3, 0.4) is 0 Å². The van der Waals surface area contributed by atoms with E-state index in [1.165, 1.54) is 18.3 Å². The number of rotatable bonds is 1. The van der Waals surface area contributed by atoms with Gasteiger partial charge in [-0.2, -0.15) is 0 Å². The normalized spacial score (nSPS) is 18.5. The van der Waals surface area contributed by atoms with Crippen molar-refractivity contribution in [3.63, 3.8) is 0 Å². The lowest BCUT2D eigenvalue weighted by molar-refractivity contribution is -0.113. The second-order valence-corrected chi connectivity index (χ2v) is 3.77. The Morgan fingerprint density at radius 1 is 1.47 bits per heavy atom. The van der Waals surface area contributed by atoms with Crippen molar-refractivity contribution in [1.29, 1.82) is 0 Å². The Hall–Kier alpha value is -1.23. The number of halogens is 3. The van der Waals surface area contributed by atoms with Gasteiger partial charge >= 0.3 is 0 Å². The smallest absolute Gasteiger partial charge is 0.282 e. The molecule has 0 spiro atoms. The predicted octanol–water partition coefficient (Wildman–Crippen LogP) is 1.83. The zero-order valence-corrected chi connectivity index (χ0v) is 8.34. The standard InChI is InChI=1S/C9H7ClF2N2O/c10-7-2-1-6(3-13-7)8(15)14-4-9(11,12)5-14/h1-3H,4-5H2. The maximum absolute atomic E-state index is 12.5. The third-order valence-corrected chi connectivity index (χ3v) is 2.33. The number of aromatic nitrogens is 1. The van der Waals surface area contributed by atoms with Gasteiger partial charge in [0.05, 0.1) is 18.7 Å². The summed E-state index contributed by atoms with van der Waals surface area (Å²) in [5.74, 6) is -3.18. The molecular formula is C9H7ClF2N2O. The quantitative estimate of drug-likeness (QED) is 0.692. The molecule has 1 aliphatic heterocycles. The first-order chi connectivity index (χ1) is 6.98. The molecule has 0 N–H and O–H groups in total. The van der Waals surface area contributed by atoms with Crippen LogP contribution in [0.4, 0.5) is 8.78 Å². The lowest BCUT2D eigenvalue weighted by Gasteiger charge is -2.38. The predicted molar refractivity (Wildman–Crippen MR) is 50.1 cm³/mol. The third kappa shape index (κ3) is 2.07. The molecule has 0 aromatic carbocycles. The van der Waals surface area contributed by atoms with Crippen LogP contribution in [-0.4, -0.2) is 34.8 Å². The fourth-order valence-corrected chi connectivity index (χ4v) is 1.45. The third-order valence-electron chi connectivity index (χ3n) is 2.11. The molecule has 2 rings (SSSR count). The highest BCUT2D eigenvalue weighted by atomic mass is 35.5. The molecule has 0 unspecified atom stereocenters. The Morgan fingerprint density at radius 2 is 2.13 bits per heavy atom. The number of alkyl halides is 2. The van der Waals surface area contributed by atoms with Crippen molar-refractivity contribution in [2.45, 2.75) is 5.92 Å². The van der Waals surface area contributed by atoms with Crippen LogP contribution in [0.5, 0.6) is 0 Å². The average molecular weight is 233 g/mol. The van der Waals surface area contributed by atoms with Crippen LogP contribution in [0, 0.1) is 0 Å². The number of likely N-dealkylation sites (tertiary alicyclic amines) is 1. The van der Waals surface area contributed by atoms with E-state index in [4.69, 9.17) is 11.6 Å². The zero-order valence-electron chi connectivity index (χ0n) is 7.58. The second-order valence-electron chi connectivity index (χ2n) is 3.39. The monoisotopic (exact) mass is 232 g/mol. The van der Waals surface area contributed by atoms with E-state index in [9.17, 15) is 13.6 Å². The number of nitrogens with zero attached hydrogens (tertiary/aromatic N) is 2. The van der Waals surface area contributed by atoms with E-state index < -0.39 is 24.9 Å². The van der Waals surface area contributed by atoms with Gasteiger partial charge in [-0.25, -0.2) is 13.8 Å². The topological polar surface area (TPSA) is 33.2 Å². The molecule has 15 heavy (non-hydrogen) atoms. The Kier molecular flexibility index (Phi) is 2.34. The highest BCUT2D eigenvalue weighted by molar-refractivity contribution is 6.29. The van der Waals surface area contributed by atoms with Crippen molar-refractivity contribution in [3.05, 3.63) is 29.0 Å². The average Bonchev–Trinajstić information content (AvgIpc) is 2.14. The number of amides is 1. The van der Waals surface area contributed by atoms with E-state index in [1.54, 1.807) is 0 Å². The first-order valence-corrected chi connectivity index (χ1v) is 4.64. The summed E-state index contributed by atoms with van der Waals surface area (Å²) < 4.78 is 25.0. The lowest BCUT2D eigenvalue weighted by atomic mass is 10.1. The SMILES string of the molecule is O=C(c1ccc(Cl)nc1)N1CC(F)(F)C1. The Morgan fingerprint density at radius 3 is 2.60 bits per heavy atom. The summed E-state index contributed by atoms with van der Waals surface area (Å²) in [5.41, 5.74) is 0.273. The van der Waals surface area contributed by atoms with Crippen LogP contribution in [0.1, 0.15) is 10.4 Å². The van der Waals surface area contributed by atoms with Crippen LogP contribution < -0.4 is 0 Å². The molecule has 1 amide bonds. The molecule has 1 aliphatic rings. The summed E-state index contributed by atoms with van der Waals surface area (Å²) in [5, 5.41) is 0.264. The first-order valence-electron chi connectivity index (χ1n) is 4.27. The summed E-state index contributed by atoms with van der Waals surface area (Å²) >= 11 is 5.53. The van der Waals surface area contributed by atoms with Gasteiger partial charge in [-0.15, -0.1) is 0 Å². The molecule has 0 radical (unpaired) electrons. The molecular weight excluding hydrogens is 226 g/mol. The molecule has 1 fully saturated rings. The Bertz CT molecular complexity index is 386. The highest BCUT2D eigenvalue weighted by Gasteiger charge is 2.46. The van der Waals surface area contributed by atoms with Gasteiger partial charge in [-0.3, -0.25) is 4.79 Å². The van der Waals surface area contributed by atoms with Crippen LogP contribution in [-0.2, 0) is 0 Å². The molecule has 0 saturated carbocycles. The van der Waals surface area contributed by atoms with Crippen molar-refractivity contribution in [1.82, 2.24) is 9.88 Å². The van der Waals surface area contributed by atoms with E-state index in [0.29, 0.717) is 0 Å². The number of pyridine rings is 1. The van der Waals surface area contributed by atoms with Gasteiger partial charge in [0.25, 0.3) is 11.8 Å². The number of carbonyl (C=O) groups is 1. The fraction of sp³-hybridized carbons (Fsp3) is 0.333. The molecule has 80 valence electrons. The summed E-state index contributed by atoms with van der Waals surface area (Å²) in [6.07, 6.45) is 1.28. The summed E-state index contributed by atoms with van der Waals surface area (Å²) in [4.78, 5) is 16.3. The van der Waals surface area contributed by atoms with Gasteiger partial charge in [-0.05, 0) is 12.1 Å². The maximum atomic E-state index is 12.5. The minimum atomic E-state index is -2.74. The molecule has 3 nitrogen and oxygen atoms in total. The molecule has 0 aliphatic carbocycles. The highest BCUT2D eigenvalue weighted by Crippen LogP contribution is 2.27. The molecule has 1 aromatic heterocycles. The maximum Gasteiger partial charge on any atom is 0.282 e. The summed E-state index contributed by atoms with van der Waals surface area (Å²) in [6, 6.07) is 2.92. The van der Waals surface area contributed by atoms with Gasteiger partial charge < -0.3 is 4.90 Å². The number of hydrogen-bond donors (Lipinski definition) is 0. The minimum absolute atomic E-state index is 0.264. The van der Waals surface area contributed by atoms with Crippen molar-refractivity contribution >= 4 is 17.5 Å². The van der Waals surface area contributed by atoms with Gasteiger partial charge in [0.15, 0.2) is 0 Å². The molecule has 6 heteroatoms. The van der Waals surface area contributed by atoms with Crippen molar-refractivity contribution in [2.75, 3.05) is 13.1 Å². The van der Waals surface area contributed by atoms with E-state index in [-0.39, 0.29) is 10.7 Å². The second kappa shape index (κ2) is 3.41. The van der Waals surface area contributed by atoms with Crippen LogP contribution in [0.25, 0.3) is 0 Å². The molecule has 1 aromatic rings. The van der Waals surface area contributed by atoms with E-state index >= 15 is 0 Å². The Balaban J connectivity index is 2.07. The molecule has 0 bridgehead atoms. The van der Waals surface area contributed by atoms with E-state index in [1.807, 2.05) is 0 Å². The van der Waals surface area contributed by atoms with Crippen molar-refractivity contribution in [2.24, 2.45) is 0 Å². The van der Waals surface area contributed by atoms with Gasteiger partial charge in [0.2, 0.25) is 0 Å². The fourth-order valence-electron chi connectivity index (χ4n) is 1.34. The minimum Gasteiger partial charge on any atom is -0.326 e. The first kappa shape index (κ1) is 10.3. The van der Waals surface area contributed by atoms with Crippen LogP contribution in [0.15, 0.2) is 18.3 Å². The molecule has 1 saturated heterocycles. The van der Waals surface area contributed by atoms with Crippen molar-refractivity contribution < 1.29 is 13.6 Å². The van der Waals surface area contributed by atoms with Crippen LogP contribution >= 0.6 is 11.6 Å². The van der Waals surface area contributed by atoms with Crippen molar-refractivity contribution in [3.8, 4) is 0 Å². The van der Waals surface area contributed by atoms with Gasteiger partial charge in [0.1, 0.15) is 5.15 Å². The zero-order chi connectivity index (χ0) is 11.1.